The summed E-state index contributed by atoms with van der Waals surface area (Å²) >= 11 is 6.06. The van der Waals surface area contributed by atoms with Crippen LogP contribution in [0.2, 0.25) is 5.02 Å². The minimum absolute atomic E-state index is 0.205. The Hall–Kier alpha value is -2.51. The van der Waals surface area contributed by atoms with Gasteiger partial charge in [0.15, 0.2) is 5.82 Å². The third kappa shape index (κ3) is 3.94. The van der Waals surface area contributed by atoms with E-state index in [1.54, 1.807) is 24.5 Å². The third-order valence-electron chi connectivity index (χ3n) is 4.79. The van der Waals surface area contributed by atoms with E-state index in [-0.39, 0.29) is 11.1 Å². The van der Waals surface area contributed by atoms with E-state index in [1.807, 2.05) is 6.20 Å². The molecule has 0 bridgehead atoms. The summed E-state index contributed by atoms with van der Waals surface area (Å²) in [7, 11) is 0. The van der Waals surface area contributed by atoms with Crippen LogP contribution >= 0.6 is 11.6 Å². The molecule has 27 heavy (non-hydrogen) atoms. The number of halogens is 2. The maximum Gasteiger partial charge on any atom is 0.227 e. The van der Waals surface area contributed by atoms with E-state index in [2.05, 4.69) is 24.8 Å². The van der Waals surface area contributed by atoms with Crippen molar-refractivity contribution in [1.82, 2.24) is 19.5 Å². The second-order valence-corrected chi connectivity index (χ2v) is 7.04. The highest BCUT2D eigenvalue weighted by Gasteiger charge is 2.23. The van der Waals surface area contributed by atoms with Crippen LogP contribution in [0.3, 0.4) is 0 Å². The van der Waals surface area contributed by atoms with E-state index in [9.17, 15) is 9.50 Å². The summed E-state index contributed by atoms with van der Waals surface area (Å²) in [6.45, 7) is 0. The molecule has 0 amide bonds. The zero-order valence-corrected chi connectivity index (χ0v) is 15.3. The molecular formula is C19H19ClFN5O. The molecule has 0 spiro atoms. The second kappa shape index (κ2) is 7.62. The Bertz CT molecular complexity index is 939. The quantitative estimate of drug-likeness (QED) is 0.696. The molecule has 0 radical (unpaired) electrons. The maximum absolute atomic E-state index is 13.2. The van der Waals surface area contributed by atoms with Crippen molar-refractivity contribution >= 4 is 23.2 Å². The molecule has 0 atom stereocenters. The number of aliphatic hydroxyl groups excluding tert-OH is 1. The molecular weight excluding hydrogens is 369 g/mol. The van der Waals surface area contributed by atoms with E-state index in [1.165, 1.54) is 12.1 Å². The van der Waals surface area contributed by atoms with Crippen LogP contribution in [-0.4, -0.2) is 30.7 Å². The van der Waals surface area contributed by atoms with Gasteiger partial charge in [0.1, 0.15) is 11.5 Å². The smallest absolute Gasteiger partial charge is 0.227 e. The molecule has 1 saturated carbocycles. The van der Waals surface area contributed by atoms with Crippen LogP contribution in [0.15, 0.2) is 42.9 Å². The molecule has 3 aromatic rings. The first kappa shape index (κ1) is 17.9. The van der Waals surface area contributed by atoms with Crippen molar-refractivity contribution in [2.75, 3.05) is 5.32 Å². The topological polar surface area (TPSA) is 75.9 Å². The van der Waals surface area contributed by atoms with Crippen molar-refractivity contribution in [2.45, 2.75) is 37.8 Å². The molecule has 140 valence electrons. The fourth-order valence-electron chi connectivity index (χ4n) is 3.40. The van der Waals surface area contributed by atoms with Crippen molar-refractivity contribution < 1.29 is 9.50 Å². The molecule has 0 saturated heterocycles. The van der Waals surface area contributed by atoms with E-state index in [4.69, 9.17) is 11.6 Å². The summed E-state index contributed by atoms with van der Waals surface area (Å²) in [4.78, 5) is 13.2. The molecule has 4 rings (SSSR count). The molecule has 0 unspecified atom stereocenters. The number of hydrogen-bond acceptors (Lipinski definition) is 5. The Balaban J connectivity index is 1.59. The van der Waals surface area contributed by atoms with Crippen LogP contribution in [0, 0.1) is 5.82 Å². The molecule has 2 N–H and O–H groups in total. The Kier molecular flexibility index (Phi) is 5.05. The molecule has 6 nitrogen and oxygen atoms in total. The van der Waals surface area contributed by atoms with Crippen molar-refractivity contribution in [1.29, 1.82) is 0 Å². The fraction of sp³-hybridized carbons (Fsp3) is 0.316. The van der Waals surface area contributed by atoms with Gasteiger partial charge in [0.25, 0.3) is 0 Å². The third-order valence-corrected chi connectivity index (χ3v) is 5.10. The summed E-state index contributed by atoms with van der Waals surface area (Å²) < 4.78 is 15.3. The first-order chi connectivity index (χ1) is 13.1. The average molecular weight is 388 g/mol. The van der Waals surface area contributed by atoms with Gasteiger partial charge < -0.3 is 15.0 Å². The van der Waals surface area contributed by atoms with E-state index >= 15 is 0 Å². The molecule has 1 fully saturated rings. The highest BCUT2D eigenvalue weighted by atomic mass is 35.5. The van der Waals surface area contributed by atoms with Crippen molar-refractivity contribution in [3.05, 3.63) is 53.7 Å². The Labute approximate surface area is 161 Å². The highest BCUT2D eigenvalue weighted by molar-refractivity contribution is 6.33. The predicted octanol–water partition coefficient (Wildman–Crippen LogP) is 4.35. The minimum atomic E-state index is -0.403. The van der Waals surface area contributed by atoms with Gasteiger partial charge in [0.2, 0.25) is 5.95 Å². The number of imidazole rings is 1. The van der Waals surface area contributed by atoms with E-state index in [0.29, 0.717) is 23.4 Å². The molecule has 1 aliphatic rings. The van der Waals surface area contributed by atoms with Gasteiger partial charge >= 0.3 is 0 Å². The van der Waals surface area contributed by atoms with Gasteiger partial charge in [-0.1, -0.05) is 11.6 Å². The highest BCUT2D eigenvalue weighted by Crippen LogP contribution is 2.32. The summed E-state index contributed by atoms with van der Waals surface area (Å²) in [6, 6.07) is 6.19. The second-order valence-electron chi connectivity index (χ2n) is 6.64. The largest absolute Gasteiger partial charge is 0.393 e. The number of aliphatic hydroxyl groups is 1. The zero-order valence-electron chi connectivity index (χ0n) is 14.5. The lowest BCUT2D eigenvalue weighted by atomic mass is 9.93. The molecule has 0 aliphatic heterocycles. The van der Waals surface area contributed by atoms with Crippen LogP contribution in [0.4, 0.5) is 16.0 Å². The number of hydrogen-bond donors (Lipinski definition) is 2. The first-order valence-electron chi connectivity index (χ1n) is 8.86. The normalized spacial score (nSPS) is 19.8. The van der Waals surface area contributed by atoms with Crippen LogP contribution in [0.25, 0.3) is 11.5 Å². The molecule has 1 aromatic carbocycles. The standard InChI is InChI=1S/C19H19ClFN5O/c20-15-11-12(21)1-6-16(15)24-19-23-8-7-17(25-19)18-22-9-10-26(18)13-2-4-14(27)5-3-13/h1,6-11,13-14,27H,2-5H2,(H,23,24,25). The number of nitrogens with zero attached hydrogens (tertiary/aromatic N) is 4. The minimum Gasteiger partial charge on any atom is -0.393 e. The lowest BCUT2D eigenvalue weighted by Gasteiger charge is -2.27. The van der Waals surface area contributed by atoms with E-state index in [0.717, 1.165) is 31.5 Å². The molecule has 2 heterocycles. The number of rotatable bonds is 4. The van der Waals surface area contributed by atoms with Gasteiger partial charge in [-0.3, -0.25) is 0 Å². The van der Waals surface area contributed by atoms with Gasteiger partial charge in [-0.25, -0.2) is 19.3 Å². The van der Waals surface area contributed by atoms with Gasteiger partial charge in [-0.2, -0.15) is 0 Å². The lowest BCUT2D eigenvalue weighted by Crippen LogP contribution is -2.21. The van der Waals surface area contributed by atoms with Crippen molar-refractivity contribution in [3.8, 4) is 11.5 Å². The van der Waals surface area contributed by atoms with Crippen LogP contribution in [0.5, 0.6) is 0 Å². The van der Waals surface area contributed by atoms with Crippen molar-refractivity contribution in [2.24, 2.45) is 0 Å². The number of aromatic nitrogens is 4. The van der Waals surface area contributed by atoms with Gasteiger partial charge in [0.05, 0.1) is 16.8 Å². The van der Waals surface area contributed by atoms with Gasteiger partial charge in [-0.15, -0.1) is 0 Å². The Morgan fingerprint density at radius 1 is 1.11 bits per heavy atom. The summed E-state index contributed by atoms with van der Waals surface area (Å²) in [5, 5.41) is 13.0. The number of anilines is 2. The van der Waals surface area contributed by atoms with Crippen molar-refractivity contribution in [3.63, 3.8) is 0 Å². The van der Waals surface area contributed by atoms with Gasteiger partial charge in [0, 0.05) is 24.6 Å². The summed E-state index contributed by atoms with van der Waals surface area (Å²) in [6.07, 6.45) is 8.55. The van der Waals surface area contributed by atoms with Crippen LogP contribution < -0.4 is 5.32 Å². The van der Waals surface area contributed by atoms with Gasteiger partial charge in [-0.05, 0) is 49.9 Å². The molecule has 1 aliphatic carbocycles. The number of nitrogens with one attached hydrogen (secondary N) is 1. The summed E-state index contributed by atoms with van der Waals surface area (Å²) in [5.41, 5.74) is 1.21. The lowest BCUT2D eigenvalue weighted by molar-refractivity contribution is 0.111. The fourth-order valence-corrected chi connectivity index (χ4v) is 3.61. The average Bonchev–Trinajstić information content (AvgIpc) is 3.15. The Morgan fingerprint density at radius 2 is 1.93 bits per heavy atom. The zero-order chi connectivity index (χ0) is 18.8. The number of benzene rings is 1. The predicted molar refractivity (Wildman–Crippen MR) is 101 cm³/mol. The monoisotopic (exact) mass is 387 g/mol. The van der Waals surface area contributed by atoms with Crippen LogP contribution in [0.1, 0.15) is 31.7 Å². The molecule has 8 heteroatoms. The van der Waals surface area contributed by atoms with Crippen LogP contribution in [-0.2, 0) is 0 Å². The molecule has 2 aromatic heterocycles. The van der Waals surface area contributed by atoms with E-state index < -0.39 is 5.82 Å². The Morgan fingerprint density at radius 3 is 2.70 bits per heavy atom. The SMILES string of the molecule is OC1CCC(n2ccnc2-c2ccnc(Nc3ccc(F)cc3Cl)n2)CC1. The maximum atomic E-state index is 13.2. The first-order valence-corrected chi connectivity index (χ1v) is 9.24. The summed E-state index contributed by atoms with van der Waals surface area (Å²) in [5.74, 6) is 0.710.